The van der Waals surface area contributed by atoms with Gasteiger partial charge in [0.1, 0.15) is 5.75 Å². The van der Waals surface area contributed by atoms with E-state index in [9.17, 15) is 0 Å². The molecule has 0 amide bonds. The second-order valence-electron chi connectivity index (χ2n) is 6.81. The van der Waals surface area contributed by atoms with Gasteiger partial charge in [-0.1, -0.05) is 62.3 Å². The summed E-state index contributed by atoms with van der Waals surface area (Å²) >= 11 is 0. The highest BCUT2D eigenvalue weighted by atomic mass is 16.5. The summed E-state index contributed by atoms with van der Waals surface area (Å²) in [5.74, 6) is 1.34. The summed E-state index contributed by atoms with van der Waals surface area (Å²) in [6.45, 7) is 3.00. The number of nitrogens with one attached hydrogen (secondary N) is 1. The number of para-hydroxylation sites is 1. The minimum Gasteiger partial charge on any atom is -0.494 e. The third-order valence-electron chi connectivity index (χ3n) is 4.50. The van der Waals surface area contributed by atoms with Crippen molar-refractivity contribution in [2.45, 2.75) is 45.4 Å². The van der Waals surface area contributed by atoms with Crippen molar-refractivity contribution in [1.29, 1.82) is 0 Å². The summed E-state index contributed by atoms with van der Waals surface area (Å²) < 4.78 is 7.40. The van der Waals surface area contributed by atoms with Gasteiger partial charge in [-0.3, -0.25) is 0 Å². The minimum absolute atomic E-state index is 0.450. The molecule has 0 aliphatic carbocycles. The Bertz CT molecular complexity index is 861. The summed E-state index contributed by atoms with van der Waals surface area (Å²) in [5, 5.41) is 15.9. The molecule has 2 aromatic carbocycles. The van der Waals surface area contributed by atoms with E-state index in [-0.39, 0.29) is 0 Å². The van der Waals surface area contributed by atoms with Crippen molar-refractivity contribution >= 4 is 12.2 Å². The van der Waals surface area contributed by atoms with Crippen molar-refractivity contribution in [2.24, 2.45) is 5.10 Å². The molecule has 0 aliphatic rings. The zero-order valence-electron chi connectivity index (χ0n) is 16.9. The SMILES string of the molecule is CCCCCCCCOc1ccc(/C=N/Nc2nnnn2-c2ccccc2)cc1. The summed E-state index contributed by atoms with van der Waals surface area (Å²) in [6, 6.07) is 17.5. The molecule has 3 aromatic rings. The van der Waals surface area contributed by atoms with Crippen molar-refractivity contribution in [2.75, 3.05) is 12.0 Å². The maximum atomic E-state index is 5.81. The van der Waals surface area contributed by atoms with Gasteiger partial charge in [-0.05, 0) is 58.8 Å². The number of hydrazone groups is 1. The predicted molar refractivity (Wildman–Crippen MR) is 116 cm³/mol. The van der Waals surface area contributed by atoms with Crippen molar-refractivity contribution < 1.29 is 4.74 Å². The average molecular weight is 393 g/mol. The Morgan fingerprint density at radius 2 is 1.72 bits per heavy atom. The normalized spacial score (nSPS) is 11.1. The standard InChI is InChI=1S/C22H28N6O/c1-2-3-4-5-6-10-17-29-21-15-13-19(14-16-21)18-23-24-22-25-26-27-28(22)20-11-8-7-9-12-20/h7-9,11-16,18H,2-6,10,17H2,1H3,(H,24,25,27)/b23-18+. The van der Waals surface area contributed by atoms with Crippen LogP contribution in [0.25, 0.3) is 5.69 Å². The van der Waals surface area contributed by atoms with E-state index in [2.05, 4.69) is 33.0 Å². The number of ether oxygens (including phenoxy) is 1. The Labute approximate surface area is 171 Å². The van der Waals surface area contributed by atoms with Gasteiger partial charge in [-0.25, -0.2) is 5.43 Å². The lowest BCUT2D eigenvalue weighted by Gasteiger charge is -2.06. The number of tetrazole rings is 1. The first kappa shape index (κ1) is 20.5. The lowest BCUT2D eigenvalue weighted by atomic mass is 10.1. The molecule has 0 saturated heterocycles. The van der Waals surface area contributed by atoms with Crippen LogP contribution in [-0.4, -0.2) is 33.0 Å². The molecule has 7 heteroatoms. The van der Waals surface area contributed by atoms with E-state index < -0.39 is 0 Å². The molecule has 29 heavy (non-hydrogen) atoms. The molecule has 152 valence electrons. The van der Waals surface area contributed by atoms with E-state index in [1.165, 1.54) is 32.1 Å². The zero-order chi connectivity index (χ0) is 20.2. The number of rotatable bonds is 12. The number of aromatic nitrogens is 4. The lowest BCUT2D eigenvalue weighted by Crippen LogP contribution is -2.03. The fourth-order valence-corrected chi connectivity index (χ4v) is 2.89. The second-order valence-corrected chi connectivity index (χ2v) is 6.81. The number of hydrogen-bond donors (Lipinski definition) is 1. The van der Waals surface area contributed by atoms with Gasteiger partial charge < -0.3 is 4.74 Å². The fraction of sp³-hybridized carbons (Fsp3) is 0.364. The van der Waals surface area contributed by atoms with E-state index in [1.807, 2.05) is 54.6 Å². The number of nitrogens with zero attached hydrogens (tertiary/aromatic N) is 5. The first-order valence-electron chi connectivity index (χ1n) is 10.2. The number of unbranched alkanes of at least 4 members (excludes halogenated alkanes) is 5. The molecule has 0 unspecified atom stereocenters. The molecule has 7 nitrogen and oxygen atoms in total. The van der Waals surface area contributed by atoms with Crippen LogP contribution in [0.4, 0.5) is 5.95 Å². The molecule has 0 atom stereocenters. The van der Waals surface area contributed by atoms with Crippen LogP contribution < -0.4 is 10.2 Å². The van der Waals surface area contributed by atoms with Crippen molar-refractivity contribution in [3.05, 3.63) is 60.2 Å². The van der Waals surface area contributed by atoms with Crippen LogP contribution in [0.15, 0.2) is 59.7 Å². The highest BCUT2D eigenvalue weighted by molar-refractivity contribution is 5.80. The van der Waals surface area contributed by atoms with E-state index in [4.69, 9.17) is 4.74 Å². The molecule has 1 aromatic heterocycles. The van der Waals surface area contributed by atoms with Gasteiger partial charge in [0.15, 0.2) is 0 Å². The van der Waals surface area contributed by atoms with Crippen molar-refractivity contribution in [1.82, 2.24) is 20.2 Å². The quantitative estimate of drug-likeness (QED) is 0.271. The van der Waals surface area contributed by atoms with Crippen LogP contribution >= 0.6 is 0 Å². The fourth-order valence-electron chi connectivity index (χ4n) is 2.89. The first-order valence-corrected chi connectivity index (χ1v) is 10.2. The number of benzene rings is 2. The molecule has 0 radical (unpaired) electrons. The highest BCUT2D eigenvalue weighted by Gasteiger charge is 2.06. The minimum atomic E-state index is 0.450. The van der Waals surface area contributed by atoms with Gasteiger partial charge >= 0.3 is 0 Å². The smallest absolute Gasteiger partial charge is 0.268 e. The molecular formula is C22H28N6O. The molecule has 1 N–H and O–H groups in total. The summed E-state index contributed by atoms with van der Waals surface area (Å²) in [6.07, 6.45) is 9.31. The topological polar surface area (TPSA) is 77.2 Å². The average Bonchev–Trinajstić information content (AvgIpc) is 3.23. The Morgan fingerprint density at radius 1 is 0.966 bits per heavy atom. The molecule has 3 rings (SSSR count). The summed E-state index contributed by atoms with van der Waals surface area (Å²) in [4.78, 5) is 0. The highest BCUT2D eigenvalue weighted by Crippen LogP contribution is 2.13. The third-order valence-corrected chi connectivity index (χ3v) is 4.50. The zero-order valence-corrected chi connectivity index (χ0v) is 16.9. The van der Waals surface area contributed by atoms with Crippen LogP contribution in [0.5, 0.6) is 5.75 Å². The van der Waals surface area contributed by atoms with Crippen LogP contribution in [0.3, 0.4) is 0 Å². The molecule has 0 fully saturated rings. The largest absolute Gasteiger partial charge is 0.494 e. The maximum absolute atomic E-state index is 5.81. The second kappa shape index (κ2) is 11.6. The summed E-state index contributed by atoms with van der Waals surface area (Å²) in [7, 11) is 0. The molecule has 0 aliphatic heterocycles. The molecule has 0 spiro atoms. The van der Waals surface area contributed by atoms with Gasteiger partial charge in [0.25, 0.3) is 5.95 Å². The van der Waals surface area contributed by atoms with Crippen molar-refractivity contribution in [3.8, 4) is 11.4 Å². The molecular weight excluding hydrogens is 364 g/mol. The first-order chi connectivity index (χ1) is 14.4. The third kappa shape index (κ3) is 6.71. The lowest BCUT2D eigenvalue weighted by molar-refractivity contribution is 0.304. The summed E-state index contributed by atoms with van der Waals surface area (Å²) in [5.41, 5.74) is 4.71. The van der Waals surface area contributed by atoms with E-state index in [0.717, 1.165) is 30.0 Å². The van der Waals surface area contributed by atoms with Crippen LogP contribution in [0, 0.1) is 0 Å². The van der Waals surface area contributed by atoms with Crippen molar-refractivity contribution in [3.63, 3.8) is 0 Å². The van der Waals surface area contributed by atoms with Crippen LogP contribution in [0.1, 0.15) is 51.0 Å². The van der Waals surface area contributed by atoms with E-state index >= 15 is 0 Å². The van der Waals surface area contributed by atoms with Gasteiger partial charge in [0, 0.05) is 0 Å². The van der Waals surface area contributed by atoms with Crippen LogP contribution in [-0.2, 0) is 0 Å². The van der Waals surface area contributed by atoms with E-state index in [0.29, 0.717) is 5.95 Å². The van der Waals surface area contributed by atoms with Gasteiger partial charge in [-0.15, -0.1) is 0 Å². The Kier molecular flexibility index (Phi) is 8.19. The molecule has 0 bridgehead atoms. The molecule has 0 saturated carbocycles. The number of anilines is 1. The Balaban J connectivity index is 1.43. The Morgan fingerprint density at radius 3 is 2.52 bits per heavy atom. The van der Waals surface area contributed by atoms with Gasteiger partial charge in [0.2, 0.25) is 0 Å². The maximum Gasteiger partial charge on any atom is 0.268 e. The van der Waals surface area contributed by atoms with Gasteiger partial charge in [-0.2, -0.15) is 9.78 Å². The van der Waals surface area contributed by atoms with Gasteiger partial charge in [0.05, 0.1) is 18.5 Å². The number of hydrogen-bond acceptors (Lipinski definition) is 6. The predicted octanol–water partition coefficient (Wildman–Crippen LogP) is 4.85. The van der Waals surface area contributed by atoms with E-state index in [1.54, 1.807) is 10.9 Å². The Hall–Kier alpha value is -3.22. The monoisotopic (exact) mass is 392 g/mol. The van der Waals surface area contributed by atoms with Crippen LogP contribution in [0.2, 0.25) is 0 Å². The molecule has 1 heterocycles.